The molecule has 0 fully saturated rings. The lowest BCUT2D eigenvalue weighted by molar-refractivity contribution is 0.100. The molecular weight excluding hydrogens is 303 g/mol. The standard InChI is InChI=1S/C12H10Cl2N4O2/c13-6-3-1-2-5(4-6)9-8(14)7(10(15)19)11(17-9)18-12(16)20/h1-4,17H,(H2,15,19)(H3,16,18,20). The molecule has 2 aromatic rings. The Morgan fingerprint density at radius 3 is 2.45 bits per heavy atom. The maximum absolute atomic E-state index is 11.4. The molecule has 0 radical (unpaired) electrons. The summed E-state index contributed by atoms with van der Waals surface area (Å²) in [6.45, 7) is 0. The zero-order valence-electron chi connectivity index (χ0n) is 10.0. The summed E-state index contributed by atoms with van der Waals surface area (Å²) in [4.78, 5) is 25.2. The van der Waals surface area contributed by atoms with Gasteiger partial charge in [0.2, 0.25) is 0 Å². The molecule has 1 heterocycles. The van der Waals surface area contributed by atoms with Crippen LogP contribution >= 0.6 is 23.2 Å². The molecule has 8 heteroatoms. The Balaban J connectivity index is 2.60. The van der Waals surface area contributed by atoms with Crippen molar-refractivity contribution in [1.82, 2.24) is 4.98 Å². The molecule has 6 N–H and O–H groups in total. The lowest BCUT2D eigenvalue weighted by atomic mass is 10.1. The minimum atomic E-state index is -0.844. The maximum atomic E-state index is 11.4. The topological polar surface area (TPSA) is 114 Å². The number of halogens is 2. The number of nitrogens with one attached hydrogen (secondary N) is 2. The summed E-state index contributed by atoms with van der Waals surface area (Å²) in [6.07, 6.45) is 0. The summed E-state index contributed by atoms with van der Waals surface area (Å²) in [5.41, 5.74) is 11.3. The fraction of sp³-hybridized carbons (Fsp3) is 0. The molecule has 1 aromatic carbocycles. The van der Waals surface area contributed by atoms with Crippen molar-refractivity contribution >= 4 is 41.0 Å². The number of carbonyl (C=O) groups excluding carboxylic acids is 2. The summed E-state index contributed by atoms with van der Waals surface area (Å²) < 4.78 is 0. The van der Waals surface area contributed by atoms with Gasteiger partial charge in [0.15, 0.2) is 0 Å². The zero-order chi connectivity index (χ0) is 14.9. The Kier molecular flexibility index (Phi) is 3.87. The van der Waals surface area contributed by atoms with Crippen LogP contribution in [0, 0.1) is 0 Å². The highest BCUT2D eigenvalue weighted by Crippen LogP contribution is 2.35. The van der Waals surface area contributed by atoms with Gasteiger partial charge in [-0.3, -0.25) is 10.1 Å². The number of amides is 3. The van der Waals surface area contributed by atoms with Gasteiger partial charge < -0.3 is 16.5 Å². The van der Waals surface area contributed by atoms with E-state index in [1.807, 2.05) is 0 Å². The van der Waals surface area contributed by atoms with E-state index >= 15 is 0 Å². The quantitative estimate of drug-likeness (QED) is 0.697. The minimum Gasteiger partial charge on any atom is -0.365 e. The molecule has 0 saturated carbocycles. The number of anilines is 1. The number of primary amides is 2. The Labute approximate surface area is 124 Å². The van der Waals surface area contributed by atoms with Crippen LogP contribution in [0.5, 0.6) is 0 Å². The van der Waals surface area contributed by atoms with Gasteiger partial charge in [-0.15, -0.1) is 0 Å². The Morgan fingerprint density at radius 1 is 1.20 bits per heavy atom. The van der Waals surface area contributed by atoms with Crippen LogP contribution in [0.25, 0.3) is 11.3 Å². The Hall–Kier alpha value is -2.18. The molecule has 0 aliphatic carbocycles. The Morgan fingerprint density at radius 2 is 1.90 bits per heavy atom. The lowest BCUT2D eigenvalue weighted by Crippen LogP contribution is -2.22. The van der Waals surface area contributed by atoms with Crippen LogP contribution in [0.3, 0.4) is 0 Å². The van der Waals surface area contributed by atoms with E-state index in [2.05, 4.69) is 10.3 Å². The second-order valence-corrected chi connectivity index (χ2v) is 4.74. The zero-order valence-corrected chi connectivity index (χ0v) is 11.5. The van der Waals surface area contributed by atoms with Gasteiger partial charge in [-0.25, -0.2) is 4.79 Å². The second kappa shape index (κ2) is 5.44. The summed E-state index contributed by atoms with van der Waals surface area (Å²) in [5.74, 6) is -0.742. The highest BCUT2D eigenvalue weighted by atomic mass is 35.5. The third kappa shape index (κ3) is 2.71. The lowest BCUT2D eigenvalue weighted by Gasteiger charge is -2.00. The molecular formula is C12H10Cl2N4O2. The molecule has 0 atom stereocenters. The van der Waals surface area contributed by atoms with E-state index in [0.717, 1.165) is 0 Å². The number of carbonyl (C=O) groups is 2. The van der Waals surface area contributed by atoms with Crippen molar-refractivity contribution in [2.45, 2.75) is 0 Å². The molecule has 104 valence electrons. The first-order valence-corrected chi connectivity index (χ1v) is 6.19. The number of aromatic amines is 1. The van der Waals surface area contributed by atoms with Crippen LogP contribution in [-0.4, -0.2) is 16.9 Å². The smallest absolute Gasteiger partial charge is 0.317 e. The van der Waals surface area contributed by atoms with Gasteiger partial charge in [-0.05, 0) is 12.1 Å². The number of aromatic nitrogens is 1. The van der Waals surface area contributed by atoms with E-state index in [4.69, 9.17) is 34.7 Å². The van der Waals surface area contributed by atoms with Crippen molar-refractivity contribution in [3.63, 3.8) is 0 Å². The molecule has 2 rings (SSSR count). The second-order valence-electron chi connectivity index (χ2n) is 3.93. The number of benzene rings is 1. The SMILES string of the molecule is NC(=O)Nc1[nH]c(-c2cccc(Cl)c2)c(Cl)c1C(N)=O. The first kappa shape index (κ1) is 14.2. The average molecular weight is 313 g/mol. The van der Waals surface area contributed by atoms with Gasteiger partial charge in [-0.2, -0.15) is 0 Å². The third-order valence-corrected chi connectivity index (χ3v) is 3.16. The molecule has 0 saturated heterocycles. The summed E-state index contributed by atoms with van der Waals surface area (Å²) in [7, 11) is 0. The normalized spacial score (nSPS) is 10.3. The van der Waals surface area contributed by atoms with Crippen molar-refractivity contribution in [1.29, 1.82) is 0 Å². The number of H-pyrrole nitrogens is 1. The number of urea groups is 1. The number of rotatable bonds is 3. The fourth-order valence-electron chi connectivity index (χ4n) is 1.77. The predicted molar refractivity (Wildman–Crippen MR) is 78.0 cm³/mol. The van der Waals surface area contributed by atoms with Gasteiger partial charge in [0.25, 0.3) is 5.91 Å². The van der Waals surface area contributed by atoms with Crippen LogP contribution in [0.2, 0.25) is 10.0 Å². The predicted octanol–water partition coefficient (Wildman–Crippen LogP) is 2.58. The van der Waals surface area contributed by atoms with Gasteiger partial charge in [-0.1, -0.05) is 35.3 Å². The molecule has 0 aliphatic rings. The van der Waals surface area contributed by atoms with Crippen molar-refractivity contribution in [3.8, 4) is 11.3 Å². The van der Waals surface area contributed by atoms with E-state index in [1.54, 1.807) is 24.3 Å². The highest BCUT2D eigenvalue weighted by Gasteiger charge is 2.22. The molecule has 6 nitrogen and oxygen atoms in total. The van der Waals surface area contributed by atoms with Gasteiger partial charge in [0.1, 0.15) is 11.4 Å². The molecule has 0 bridgehead atoms. The highest BCUT2D eigenvalue weighted by molar-refractivity contribution is 6.37. The van der Waals surface area contributed by atoms with Gasteiger partial charge in [0.05, 0.1) is 10.7 Å². The van der Waals surface area contributed by atoms with Crippen LogP contribution in [-0.2, 0) is 0 Å². The summed E-state index contributed by atoms with van der Waals surface area (Å²) >= 11 is 12.0. The monoisotopic (exact) mass is 312 g/mol. The molecule has 3 amide bonds. The number of hydrogen-bond acceptors (Lipinski definition) is 2. The van der Waals surface area contributed by atoms with E-state index in [1.165, 1.54) is 0 Å². The molecule has 20 heavy (non-hydrogen) atoms. The van der Waals surface area contributed by atoms with Crippen LogP contribution in [0.15, 0.2) is 24.3 Å². The van der Waals surface area contributed by atoms with E-state index in [0.29, 0.717) is 16.3 Å². The van der Waals surface area contributed by atoms with Gasteiger partial charge >= 0.3 is 6.03 Å². The third-order valence-electron chi connectivity index (χ3n) is 2.55. The Bertz CT molecular complexity index is 697. The number of hydrogen-bond donors (Lipinski definition) is 4. The van der Waals surface area contributed by atoms with E-state index < -0.39 is 11.9 Å². The van der Waals surface area contributed by atoms with Crippen molar-refractivity contribution < 1.29 is 9.59 Å². The van der Waals surface area contributed by atoms with Crippen molar-refractivity contribution in [2.75, 3.05) is 5.32 Å². The van der Waals surface area contributed by atoms with Crippen LogP contribution in [0.4, 0.5) is 10.6 Å². The number of nitrogens with two attached hydrogens (primary N) is 2. The first-order chi connectivity index (χ1) is 9.40. The first-order valence-electron chi connectivity index (χ1n) is 5.43. The molecule has 1 aromatic heterocycles. The fourth-order valence-corrected chi connectivity index (χ4v) is 2.30. The van der Waals surface area contributed by atoms with Gasteiger partial charge in [0, 0.05) is 10.6 Å². The van der Waals surface area contributed by atoms with Crippen LogP contribution < -0.4 is 16.8 Å². The molecule has 0 aliphatic heterocycles. The van der Waals surface area contributed by atoms with Crippen molar-refractivity contribution in [2.24, 2.45) is 11.5 Å². The molecule has 0 spiro atoms. The van der Waals surface area contributed by atoms with E-state index in [-0.39, 0.29) is 16.4 Å². The summed E-state index contributed by atoms with van der Waals surface area (Å²) in [5, 5.41) is 2.85. The van der Waals surface area contributed by atoms with E-state index in [9.17, 15) is 9.59 Å². The van der Waals surface area contributed by atoms with Crippen molar-refractivity contribution in [3.05, 3.63) is 39.9 Å². The maximum Gasteiger partial charge on any atom is 0.317 e. The van der Waals surface area contributed by atoms with Crippen LogP contribution in [0.1, 0.15) is 10.4 Å². The summed E-state index contributed by atoms with van der Waals surface area (Å²) in [6, 6.07) is 5.96. The average Bonchev–Trinajstić information content (AvgIpc) is 2.65. The minimum absolute atomic E-state index is 0.0413. The molecule has 0 unspecified atom stereocenters. The largest absolute Gasteiger partial charge is 0.365 e.